The Morgan fingerprint density at radius 2 is 1.76 bits per heavy atom. The zero-order chi connectivity index (χ0) is 23.8. The summed E-state index contributed by atoms with van der Waals surface area (Å²) in [5, 5.41) is 21.3. The summed E-state index contributed by atoms with van der Waals surface area (Å²) in [4.78, 5) is 12.7. The highest BCUT2D eigenvalue weighted by Gasteiger charge is 2.89. The van der Waals surface area contributed by atoms with Gasteiger partial charge in [-0.1, -0.05) is 39.7 Å². The van der Waals surface area contributed by atoms with Crippen LogP contribution in [0.4, 0.5) is 0 Å². The van der Waals surface area contributed by atoms with Crippen LogP contribution < -0.4 is 0 Å². The Kier molecular flexibility index (Phi) is 4.11. The van der Waals surface area contributed by atoms with Crippen molar-refractivity contribution in [2.75, 3.05) is 0 Å². The quantitative estimate of drug-likeness (QED) is 0.405. The van der Waals surface area contributed by atoms with Gasteiger partial charge in [-0.25, -0.2) is 0 Å². The third-order valence-electron chi connectivity index (χ3n) is 13.8. The van der Waals surface area contributed by atoms with E-state index in [1.54, 1.807) is 0 Å². The lowest BCUT2D eigenvalue weighted by Crippen LogP contribution is -2.86. The first-order chi connectivity index (χ1) is 15.4. The highest BCUT2D eigenvalue weighted by atomic mass is 16.4. The molecule has 0 aliphatic heterocycles. The van der Waals surface area contributed by atoms with Gasteiger partial charge in [-0.3, -0.25) is 4.79 Å². The van der Waals surface area contributed by atoms with Crippen molar-refractivity contribution in [3.8, 4) is 12.3 Å². The average molecular weight is 451 g/mol. The van der Waals surface area contributed by atoms with Crippen molar-refractivity contribution in [2.24, 2.45) is 62.1 Å². The van der Waals surface area contributed by atoms with E-state index in [2.05, 4.69) is 40.2 Å². The van der Waals surface area contributed by atoms with Crippen LogP contribution in [-0.2, 0) is 4.79 Å². The number of terminal acetylenes is 1. The van der Waals surface area contributed by atoms with Crippen molar-refractivity contribution in [2.45, 2.75) is 91.6 Å². The molecule has 3 nitrogen and oxygen atoms in total. The van der Waals surface area contributed by atoms with E-state index in [1.165, 1.54) is 6.42 Å². The summed E-state index contributed by atoms with van der Waals surface area (Å²) in [7, 11) is 0. The van der Waals surface area contributed by atoms with Crippen LogP contribution in [0.1, 0.15) is 85.5 Å². The Balaban J connectivity index is 1.46. The maximum Gasteiger partial charge on any atom is 0.309 e. The van der Waals surface area contributed by atoms with Gasteiger partial charge in [0.1, 0.15) is 0 Å². The van der Waals surface area contributed by atoms with E-state index in [0.29, 0.717) is 11.8 Å². The third kappa shape index (κ3) is 1.93. The molecular formula is C30H42O3. The van der Waals surface area contributed by atoms with Gasteiger partial charge >= 0.3 is 5.97 Å². The molecule has 2 N–H and O–H groups in total. The summed E-state index contributed by atoms with van der Waals surface area (Å²) in [6, 6.07) is 0. The van der Waals surface area contributed by atoms with E-state index < -0.39 is 11.4 Å². The SMILES string of the molecule is C#C[C@@]12CC[C@@]3(C(=O)O)CC[C@@H](C=C)C3C1CC[C@@]13C(C[C@]12C)C1C(C)(C)[C@@H](O)CC[C@@]13C. The molecule has 0 heterocycles. The van der Waals surface area contributed by atoms with Crippen molar-refractivity contribution in [3.63, 3.8) is 0 Å². The van der Waals surface area contributed by atoms with Crippen LogP contribution in [0.5, 0.6) is 0 Å². The van der Waals surface area contributed by atoms with Crippen LogP contribution in [0, 0.1) is 74.4 Å². The lowest BCUT2D eigenvalue weighted by Gasteiger charge is -2.91. The molecule has 3 heteroatoms. The van der Waals surface area contributed by atoms with E-state index in [0.717, 1.165) is 51.4 Å². The van der Waals surface area contributed by atoms with E-state index in [9.17, 15) is 15.0 Å². The molecule has 0 saturated heterocycles. The van der Waals surface area contributed by atoms with Crippen LogP contribution in [-0.4, -0.2) is 22.3 Å². The standard InChI is InChI=1S/C30H42O3/c1-7-18-9-13-28(24(32)33)15-16-29(8-2)19(22(18)28)10-14-30-20(17-27(29,30)6)23-25(3,4)21(31)11-12-26(23,30)5/h2,7,18-23,31H,1,9-17H2,3-6H3,(H,32,33)/t18-,19?,20?,21+,22?,23?,26+,27+,28+,29-,30+/m1/s1. The van der Waals surface area contributed by atoms with Crippen molar-refractivity contribution < 1.29 is 15.0 Å². The molecule has 0 bridgehead atoms. The van der Waals surface area contributed by atoms with Gasteiger partial charge in [-0.2, -0.15) is 0 Å². The second-order valence-corrected chi connectivity index (χ2v) is 14.1. The first-order valence-electron chi connectivity index (χ1n) is 13.5. The Hall–Kier alpha value is -1.27. The molecule has 6 aliphatic carbocycles. The van der Waals surface area contributed by atoms with Crippen LogP contribution in [0.25, 0.3) is 0 Å². The lowest BCUT2D eigenvalue weighted by molar-refractivity contribution is -0.433. The molecule has 0 amide bonds. The molecule has 6 fully saturated rings. The summed E-state index contributed by atoms with van der Waals surface area (Å²) in [6.45, 7) is 13.7. The fourth-order valence-corrected chi connectivity index (χ4v) is 12.7. The van der Waals surface area contributed by atoms with E-state index in [-0.39, 0.29) is 50.9 Å². The first kappa shape index (κ1) is 22.2. The number of hydrogen-bond donors (Lipinski definition) is 2. The minimum absolute atomic E-state index is 0.0468. The number of aliphatic carboxylic acids is 1. The predicted octanol–water partition coefficient (Wildman–Crippen LogP) is 5.92. The van der Waals surface area contributed by atoms with Crippen molar-refractivity contribution in [1.29, 1.82) is 0 Å². The molecule has 4 unspecified atom stereocenters. The average Bonchev–Trinajstić information content (AvgIpc) is 3.16. The Morgan fingerprint density at radius 3 is 2.39 bits per heavy atom. The van der Waals surface area contributed by atoms with Crippen molar-refractivity contribution in [3.05, 3.63) is 12.7 Å². The highest BCUT2D eigenvalue weighted by molar-refractivity contribution is 5.76. The number of allylic oxidation sites excluding steroid dienone is 1. The van der Waals surface area contributed by atoms with E-state index in [1.807, 2.05) is 6.08 Å². The Labute approximate surface area is 199 Å². The first-order valence-corrected chi connectivity index (χ1v) is 13.5. The van der Waals surface area contributed by atoms with Gasteiger partial charge in [0, 0.05) is 5.41 Å². The Bertz CT molecular complexity index is 976. The molecule has 6 rings (SSSR count). The van der Waals surface area contributed by atoms with Gasteiger partial charge < -0.3 is 10.2 Å². The van der Waals surface area contributed by atoms with Gasteiger partial charge in [-0.05, 0) is 109 Å². The molecule has 33 heavy (non-hydrogen) atoms. The molecule has 0 aromatic heterocycles. The van der Waals surface area contributed by atoms with Gasteiger partial charge in [0.25, 0.3) is 0 Å². The zero-order valence-electron chi connectivity index (χ0n) is 21.0. The second kappa shape index (κ2) is 6.10. The summed E-state index contributed by atoms with van der Waals surface area (Å²) < 4.78 is 0. The minimum Gasteiger partial charge on any atom is -0.481 e. The molecule has 6 aliphatic rings. The van der Waals surface area contributed by atoms with Crippen LogP contribution in [0.15, 0.2) is 12.7 Å². The normalized spacial score (nSPS) is 59.8. The summed E-state index contributed by atoms with van der Waals surface area (Å²) in [6.07, 6.45) is 17.1. The molecule has 0 aromatic carbocycles. The molecule has 6 saturated carbocycles. The zero-order valence-corrected chi connectivity index (χ0v) is 21.0. The third-order valence-corrected chi connectivity index (χ3v) is 13.8. The second-order valence-electron chi connectivity index (χ2n) is 14.1. The summed E-state index contributed by atoms with van der Waals surface area (Å²) >= 11 is 0. The molecule has 0 aromatic rings. The minimum atomic E-state index is -0.614. The van der Waals surface area contributed by atoms with Crippen molar-refractivity contribution >= 4 is 5.97 Å². The van der Waals surface area contributed by atoms with Crippen LogP contribution >= 0.6 is 0 Å². The number of aliphatic hydroxyl groups excluding tert-OH is 1. The van der Waals surface area contributed by atoms with Crippen LogP contribution in [0.3, 0.4) is 0 Å². The molecule has 11 atom stereocenters. The van der Waals surface area contributed by atoms with Crippen LogP contribution in [0.2, 0.25) is 0 Å². The molecule has 0 radical (unpaired) electrons. The van der Waals surface area contributed by atoms with Crippen molar-refractivity contribution in [1.82, 2.24) is 0 Å². The number of carboxylic acid groups (broad SMARTS) is 1. The van der Waals surface area contributed by atoms with Gasteiger partial charge in [0.2, 0.25) is 0 Å². The molecular weight excluding hydrogens is 408 g/mol. The fraction of sp³-hybridized carbons (Fsp3) is 0.833. The smallest absolute Gasteiger partial charge is 0.309 e. The lowest BCUT2D eigenvalue weighted by atomic mass is 9.13. The topological polar surface area (TPSA) is 57.5 Å². The molecule has 1 spiro atoms. The van der Waals surface area contributed by atoms with E-state index in [4.69, 9.17) is 6.42 Å². The number of rotatable bonds is 2. The van der Waals surface area contributed by atoms with Gasteiger partial charge in [0.15, 0.2) is 0 Å². The van der Waals surface area contributed by atoms with E-state index >= 15 is 0 Å². The van der Waals surface area contributed by atoms with Gasteiger partial charge in [0.05, 0.1) is 11.5 Å². The largest absolute Gasteiger partial charge is 0.481 e. The maximum atomic E-state index is 12.7. The maximum absolute atomic E-state index is 12.7. The highest BCUT2D eigenvalue weighted by Crippen LogP contribution is 2.93. The number of hydrogen-bond acceptors (Lipinski definition) is 2. The summed E-state index contributed by atoms with van der Waals surface area (Å²) in [5.41, 5.74) is -0.352. The van der Waals surface area contributed by atoms with Gasteiger partial charge in [-0.15, -0.1) is 13.0 Å². The number of carboxylic acids is 1. The molecule has 180 valence electrons. The summed E-state index contributed by atoms with van der Waals surface area (Å²) in [5.74, 6) is 4.72. The number of fused-ring (bicyclic) bond motifs is 6. The fourth-order valence-electron chi connectivity index (χ4n) is 12.7. The predicted molar refractivity (Wildman–Crippen MR) is 129 cm³/mol. The monoisotopic (exact) mass is 450 g/mol. The number of carbonyl (C=O) groups is 1. The Morgan fingerprint density at radius 1 is 1.03 bits per heavy atom. The number of aliphatic hydroxyl groups is 1.